The average molecular weight is 178 g/mol. The van der Waals surface area contributed by atoms with Crippen LogP contribution < -0.4 is 5.43 Å². The Bertz CT molecular complexity index is 331. The van der Waals surface area contributed by atoms with Crippen molar-refractivity contribution < 1.29 is 4.39 Å². The van der Waals surface area contributed by atoms with Crippen LogP contribution in [0.1, 0.15) is 12.5 Å². The highest BCUT2D eigenvalue weighted by Gasteiger charge is 2.04. The maximum atomic E-state index is 13.2. The van der Waals surface area contributed by atoms with Gasteiger partial charge in [-0.1, -0.05) is 18.2 Å². The van der Waals surface area contributed by atoms with Gasteiger partial charge in [0.1, 0.15) is 5.82 Å². The van der Waals surface area contributed by atoms with Gasteiger partial charge in [0.15, 0.2) is 0 Å². The highest BCUT2D eigenvalue weighted by molar-refractivity contribution is 5.64. The summed E-state index contributed by atoms with van der Waals surface area (Å²) < 4.78 is 13.2. The zero-order valence-electron chi connectivity index (χ0n) is 7.42. The first-order valence-corrected chi connectivity index (χ1v) is 3.92. The van der Waals surface area contributed by atoms with Gasteiger partial charge in [-0.05, 0) is 19.1 Å². The number of hydrazone groups is 1. The summed E-state index contributed by atoms with van der Waals surface area (Å²) in [6, 6.07) is 6.51. The van der Waals surface area contributed by atoms with Crippen LogP contribution in [0.25, 0.3) is 5.70 Å². The summed E-state index contributed by atoms with van der Waals surface area (Å²) in [5.74, 6) is -0.272. The van der Waals surface area contributed by atoms with Gasteiger partial charge in [-0.25, -0.2) is 4.39 Å². The van der Waals surface area contributed by atoms with Crippen molar-refractivity contribution in [2.45, 2.75) is 6.92 Å². The molecule has 1 aromatic carbocycles. The molecular weight excluding hydrogens is 167 g/mol. The molecular formula is C10H11FN2. The van der Waals surface area contributed by atoms with E-state index in [4.69, 9.17) is 0 Å². The van der Waals surface area contributed by atoms with Crippen molar-refractivity contribution in [1.82, 2.24) is 5.43 Å². The van der Waals surface area contributed by atoms with Crippen LogP contribution in [0.5, 0.6) is 0 Å². The zero-order valence-corrected chi connectivity index (χ0v) is 7.42. The van der Waals surface area contributed by atoms with Crippen molar-refractivity contribution in [3.05, 3.63) is 41.7 Å². The number of nitrogens with one attached hydrogen (secondary N) is 1. The molecule has 0 fully saturated rings. The van der Waals surface area contributed by atoms with E-state index in [9.17, 15) is 4.39 Å². The third-order valence-electron chi connectivity index (χ3n) is 1.65. The number of nitrogens with zero attached hydrogens (tertiary/aromatic N) is 1. The van der Waals surface area contributed by atoms with Gasteiger partial charge < -0.3 is 0 Å². The number of benzene rings is 1. The monoisotopic (exact) mass is 178 g/mol. The minimum atomic E-state index is -0.272. The molecule has 1 N–H and O–H groups in total. The Hall–Kier alpha value is -1.64. The van der Waals surface area contributed by atoms with Gasteiger partial charge in [-0.3, -0.25) is 5.43 Å². The summed E-state index contributed by atoms with van der Waals surface area (Å²) in [5, 5.41) is 3.49. The van der Waals surface area contributed by atoms with Crippen molar-refractivity contribution in [3.8, 4) is 0 Å². The van der Waals surface area contributed by atoms with E-state index >= 15 is 0 Å². The van der Waals surface area contributed by atoms with E-state index in [1.54, 1.807) is 31.2 Å². The minimum absolute atomic E-state index is 0.272. The minimum Gasteiger partial charge on any atom is -0.279 e. The van der Waals surface area contributed by atoms with Gasteiger partial charge in [0, 0.05) is 12.3 Å². The molecule has 0 aliphatic heterocycles. The Morgan fingerprint density at radius 2 is 2.23 bits per heavy atom. The second kappa shape index (κ2) is 4.40. The Kier molecular flexibility index (Phi) is 3.20. The lowest BCUT2D eigenvalue weighted by Crippen LogP contribution is -2.04. The van der Waals surface area contributed by atoms with Crippen molar-refractivity contribution in [1.29, 1.82) is 0 Å². The number of allylic oxidation sites excluding steroid dienone is 1. The van der Waals surface area contributed by atoms with Crippen LogP contribution in [0.3, 0.4) is 0 Å². The quantitative estimate of drug-likeness (QED) is 0.557. The van der Waals surface area contributed by atoms with E-state index in [-0.39, 0.29) is 5.82 Å². The predicted octanol–water partition coefficient (Wildman–Crippen LogP) is 2.39. The van der Waals surface area contributed by atoms with E-state index in [0.717, 1.165) is 0 Å². The molecule has 0 spiro atoms. The van der Waals surface area contributed by atoms with Crippen LogP contribution in [0.15, 0.2) is 35.4 Å². The van der Waals surface area contributed by atoms with Crippen molar-refractivity contribution in [2.24, 2.45) is 5.10 Å². The van der Waals surface area contributed by atoms with Crippen LogP contribution in [-0.4, -0.2) is 6.72 Å². The van der Waals surface area contributed by atoms with E-state index in [1.165, 1.54) is 6.07 Å². The molecule has 0 heterocycles. The van der Waals surface area contributed by atoms with Gasteiger partial charge in [-0.15, -0.1) is 0 Å². The molecule has 3 heteroatoms. The molecule has 0 aromatic heterocycles. The number of halogens is 1. The molecule has 0 aliphatic rings. The molecule has 1 aromatic rings. The van der Waals surface area contributed by atoms with E-state index < -0.39 is 0 Å². The molecule has 0 aliphatic carbocycles. The maximum absolute atomic E-state index is 13.2. The Morgan fingerprint density at radius 3 is 2.77 bits per heavy atom. The van der Waals surface area contributed by atoms with Crippen molar-refractivity contribution in [3.63, 3.8) is 0 Å². The van der Waals surface area contributed by atoms with Crippen molar-refractivity contribution in [2.75, 3.05) is 0 Å². The van der Waals surface area contributed by atoms with Gasteiger partial charge in [0.2, 0.25) is 0 Å². The highest BCUT2D eigenvalue weighted by atomic mass is 19.1. The number of hydrogen-bond acceptors (Lipinski definition) is 2. The molecule has 0 amide bonds. The first-order valence-electron chi connectivity index (χ1n) is 3.92. The summed E-state index contributed by atoms with van der Waals surface area (Å²) in [4.78, 5) is 0. The van der Waals surface area contributed by atoms with Gasteiger partial charge in [-0.2, -0.15) is 5.10 Å². The molecule has 0 radical (unpaired) electrons. The fraction of sp³-hybridized carbons (Fsp3) is 0.100. The SMILES string of the molecule is C=NN/C(=C\C)c1ccccc1F. The van der Waals surface area contributed by atoms with Crippen LogP contribution in [0.4, 0.5) is 4.39 Å². The van der Waals surface area contributed by atoms with Crippen LogP contribution >= 0.6 is 0 Å². The van der Waals surface area contributed by atoms with Crippen LogP contribution in [-0.2, 0) is 0 Å². The average Bonchev–Trinajstić information content (AvgIpc) is 2.16. The molecule has 0 saturated carbocycles. The van der Waals surface area contributed by atoms with Gasteiger partial charge in [0.05, 0.1) is 5.70 Å². The van der Waals surface area contributed by atoms with Crippen LogP contribution in [0, 0.1) is 5.82 Å². The first-order chi connectivity index (χ1) is 6.29. The topological polar surface area (TPSA) is 24.4 Å². The second-order valence-corrected chi connectivity index (χ2v) is 2.45. The van der Waals surface area contributed by atoms with Crippen molar-refractivity contribution >= 4 is 12.4 Å². The number of hydrogen-bond donors (Lipinski definition) is 1. The Labute approximate surface area is 76.8 Å². The van der Waals surface area contributed by atoms with Gasteiger partial charge >= 0.3 is 0 Å². The molecule has 1 rings (SSSR count). The maximum Gasteiger partial charge on any atom is 0.132 e. The second-order valence-electron chi connectivity index (χ2n) is 2.45. The first kappa shape index (κ1) is 9.45. The predicted molar refractivity (Wildman–Crippen MR) is 52.7 cm³/mol. The normalized spacial score (nSPS) is 11.1. The summed E-state index contributed by atoms with van der Waals surface area (Å²) in [6.07, 6.45) is 1.74. The third kappa shape index (κ3) is 2.15. The fourth-order valence-corrected chi connectivity index (χ4v) is 1.05. The summed E-state index contributed by atoms with van der Waals surface area (Å²) in [5.41, 5.74) is 3.74. The largest absolute Gasteiger partial charge is 0.279 e. The molecule has 13 heavy (non-hydrogen) atoms. The molecule has 0 atom stereocenters. The van der Waals surface area contributed by atoms with E-state index in [2.05, 4.69) is 17.2 Å². The Balaban J connectivity index is 3.05. The molecule has 2 nitrogen and oxygen atoms in total. The third-order valence-corrected chi connectivity index (χ3v) is 1.65. The zero-order chi connectivity index (χ0) is 9.68. The summed E-state index contributed by atoms with van der Waals surface area (Å²) in [6.45, 7) is 5.08. The highest BCUT2D eigenvalue weighted by Crippen LogP contribution is 2.14. The lowest BCUT2D eigenvalue weighted by Gasteiger charge is -2.06. The van der Waals surface area contributed by atoms with E-state index in [0.29, 0.717) is 11.3 Å². The fourth-order valence-electron chi connectivity index (χ4n) is 1.05. The van der Waals surface area contributed by atoms with E-state index in [1.807, 2.05) is 0 Å². The molecule has 0 saturated heterocycles. The smallest absolute Gasteiger partial charge is 0.132 e. The lowest BCUT2D eigenvalue weighted by molar-refractivity contribution is 0.622. The summed E-state index contributed by atoms with van der Waals surface area (Å²) in [7, 11) is 0. The molecule has 0 unspecified atom stereocenters. The lowest BCUT2D eigenvalue weighted by atomic mass is 10.1. The van der Waals surface area contributed by atoms with Crippen LogP contribution in [0.2, 0.25) is 0 Å². The molecule has 68 valence electrons. The Morgan fingerprint density at radius 1 is 1.54 bits per heavy atom. The molecule has 0 bridgehead atoms. The number of rotatable bonds is 3. The van der Waals surface area contributed by atoms with Gasteiger partial charge in [0.25, 0.3) is 0 Å². The summed E-state index contributed by atoms with van der Waals surface area (Å²) >= 11 is 0. The standard InChI is InChI=1S/C10H11FN2/c1-3-10(13-12-2)8-6-4-5-7-9(8)11/h3-7,13H,2H2,1H3/b10-3-.